The summed E-state index contributed by atoms with van der Waals surface area (Å²) in [5.74, 6) is 0.569. The van der Waals surface area contributed by atoms with E-state index in [-0.39, 0.29) is 5.91 Å². The number of carbonyl (C=O) groups excluding carboxylic acids is 1. The van der Waals surface area contributed by atoms with Crippen LogP contribution in [-0.2, 0) is 11.2 Å². The van der Waals surface area contributed by atoms with Crippen LogP contribution in [0.15, 0.2) is 30.3 Å². The van der Waals surface area contributed by atoms with Gasteiger partial charge in [-0.1, -0.05) is 12.1 Å². The monoisotopic (exact) mass is 403 g/mol. The molecule has 0 aliphatic heterocycles. The van der Waals surface area contributed by atoms with Crippen LogP contribution in [0.2, 0.25) is 0 Å². The Morgan fingerprint density at radius 3 is 2.67 bits per heavy atom. The Labute approximate surface area is 175 Å². The summed E-state index contributed by atoms with van der Waals surface area (Å²) in [4.78, 5) is 21.9. The highest BCUT2D eigenvalue weighted by Gasteiger charge is 2.17. The number of hydrogen-bond acceptors (Lipinski definition) is 5. The minimum Gasteiger partial charge on any atom is -0.495 e. The van der Waals surface area contributed by atoms with Crippen molar-refractivity contribution in [3.63, 3.8) is 0 Å². The average Bonchev–Trinajstić information content (AvgIpc) is 3.06. The van der Waals surface area contributed by atoms with E-state index >= 15 is 0 Å². The van der Waals surface area contributed by atoms with Crippen molar-refractivity contribution in [1.82, 2.24) is 19.6 Å². The first-order chi connectivity index (χ1) is 14.4. The highest BCUT2D eigenvalue weighted by molar-refractivity contribution is 5.93. The standard InChI is InChI=1S/C23H25N5O2/c1-13-12-14(2)24-22-21(13)23-25-15(3)17(16(4)28(23)27-22)10-11-20(29)26-18-8-6-7-9-19(18)30-5/h6-9,12H,10-11H2,1-5H3,(H,26,29). The molecule has 4 aromatic rings. The van der Waals surface area contributed by atoms with Gasteiger partial charge in [-0.15, -0.1) is 5.10 Å². The number of benzene rings is 1. The third-order valence-corrected chi connectivity index (χ3v) is 5.39. The third-order valence-electron chi connectivity index (χ3n) is 5.39. The molecule has 1 N–H and O–H groups in total. The van der Waals surface area contributed by atoms with Gasteiger partial charge in [0.1, 0.15) is 5.75 Å². The van der Waals surface area contributed by atoms with E-state index in [1.807, 2.05) is 55.6 Å². The molecule has 1 amide bonds. The number of hydrogen-bond donors (Lipinski definition) is 1. The fourth-order valence-electron chi connectivity index (χ4n) is 3.93. The number of ether oxygens (including phenoxy) is 1. The van der Waals surface area contributed by atoms with E-state index < -0.39 is 0 Å². The lowest BCUT2D eigenvalue weighted by Gasteiger charge is -2.12. The number of rotatable bonds is 5. The van der Waals surface area contributed by atoms with E-state index in [0.29, 0.717) is 29.9 Å². The van der Waals surface area contributed by atoms with Crippen LogP contribution in [0.25, 0.3) is 16.7 Å². The zero-order chi connectivity index (χ0) is 21.4. The molecule has 0 atom stereocenters. The van der Waals surface area contributed by atoms with Gasteiger partial charge >= 0.3 is 0 Å². The maximum Gasteiger partial charge on any atom is 0.224 e. The van der Waals surface area contributed by atoms with Crippen molar-refractivity contribution in [2.75, 3.05) is 12.4 Å². The summed E-state index contributed by atoms with van der Waals surface area (Å²) in [6.07, 6.45) is 0.910. The van der Waals surface area contributed by atoms with Crippen molar-refractivity contribution in [2.45, 2.75) is 40.5 Å². The predicted octanol–water partition coefficient (Wildman–Crippen LogP) is 4.09. The van der Waals surface area contributed by atoms with Crippen molar-refractivity contribution in [2.24, 2.45) is 0 Å². The molecule has 7 nitrogen and oxygen atoms in total. The number of carbonyl (C=O) groups is 1. The van der Waals surface area contributed by atoms with Crippen LogP contribution in [0.5, 0.6) is 5.75 Å². The normalized spacial score (nSPS) is 11.2. The van der Waals surface area contributed by atoms with Crippen molar-refractivity contribution < 1.29 is 9.53 Å². The first kappa shape index (κ1) is 19.8. The van der Waals surface area contributed by atoms with E-state index in [1.54, 1.807) is 7.11 Å². The SMILES string of the molecule is COc1ccccc1NC(=O)CCc1c(C)nc2c3c(C)cc(C)nc3nn2c1C. The molecule has 3 heterocycles. The Hall–Kier alpha value is -3.48. The number of fused-ring (bicyclic) bond motifs is 3. The number of amides is 1. The topological polar surface area (TPSA) is 81.4 Å². The summed E-state index contributed by atoms with van der Waals surface area (Å²) in [5.41, 5.74) is 7.15. The van der Waals surface area contributed by atoms with Gasteiger partial charge in [-0.2, -0.15) is 0 Å². The molecule has 30 heavy (non-hydrogen) atoms. The Morgan fingerprint density at radius 1 is 1.13 bits per heavy atom. The van der Waals surface area contributed by atoms with Gasteiger partial charge in [0.25, 0.3) is 0 Å². The first-order valence-electron chi connectivity index (χ1n) is 9.94. The molecule has 0 spiro atoms. The molecule has 7 heteroatoms. The molecular weight excluding hydrogens is 378 g/mol. The second-order valence-corrected chi connectivity index (χ2v) is 7.52. The highest BCUT2D eigenvalue weighted by Crippen LogP contribution is 2.26. The number of aromatic nitrogens is 4. The number of para-hydroxylation sites is 2. The summed E-state index contributed by atoms with van der Waals surface area (Å²) in [7, 11) is 1.59. The number of aryl methyl sites for hydroxylation is 4. The molecule has 154 valence electrons. The van der Waals surface area contributed by atoms with Gasteiger partial charge in [-0.25, -0.2) is 14.5 Å². The molecule has 0 bridgehead atoms. The maximum atomic E-state index is 12.5. The molecule has 1 aromatic carbocycles. The largest absolute Gasteiger partial charge is 0.495 e. The molecule has 0 aliphatic carbocycles. The smallest absolute Gasteiger partial charge is 0.224 e. The second-order valence-electron chi connectivity index (χ2n) is 7.52. The van der Waals surface area contributed by atoms with E-state index in [1.165, 1.54) is 0 Å². The quantitative estimate of drug-likeness (QED) is 0.543. The van der Waals surface area contributed by atoms with Gasteiger partial charge in [0.05, 0.1) is 18.2 Å². The molecule has 0 aliphatic rings. The summed E-state index contributed by atoms with van der Waals surface area (Å²) in [5, 5.41) is 8.59. The summed E-state index contributed by atoms with van der Waals surface area (Å²) >= 11 is 0. The molecule has 0 unspecified atom stereocenters. The number of nitrogens with one attached hydrogen (secondary N) is 1. The zero-order valence-corrected chi connectivity index (χ0v) is 17.9. The third kappa shape index (κ3) is 3.47. The van der Waals surface area contributed by atoms with Crippen LogP contribution in [-0.4, -0.2) is 32.6 Å². The average molecular weight is 403 g/mol. The lowest BCUT2D eigenvalue weighted by atomic mass is 10.1. The fourth-order valence-corrected chi connectivity index (χ4v) is 3.93. The van der Waals surface area contributed by atoms with E-state index in [4.69, 9.17) is 9.72 Å². The summed E-state index contributed by atoms with van der Waals surface area (Å²) < 4.78 is 7.15. The van der Waals surface area contributed by atoms with Gasteiger partial charge in [-0.3, -0.25) is 4.79 Å². The number of pyridine rings is 1. The van der Waals surface area contributed by atoms with Crippen molar-refractivity contribution in [3.05, 3.63) is 58.5 Å². The Balaban J connectivity index is 1.62. The first-order valence-corrected chi connectivity index (χ1v) is 9.94. The van der Waals surface area contributed by atoms with Crippen molar-refractivity contribution >= 4 is 28.3 Å². The van der Waals surface area contributed by atoms with E-state index in [9.17, 15) is 4.79 Å². The van der Waals surface area contributed by atoms with Crippen LogP contribution in [0.3, 0.4) is 0 Å². The van der Waals surface area contributed by atoms with Gasteiger partial charge < -0.3 is 10.1 Å². The van der Waals surface area contributed by atoms with Crippen molar-refractivity contribution in [3.8, 4) is 5.75 Å². The lowest BCUT2D eigenvalue weighted by Crippen LogP contribution is -2.14. The van der Waals surface area contributed by atoms with Crippen LogP contribution >= 0.6 is 0 Å². The fraction of sp³-hybridized carbons (Fsp3) is 0.304. The van der Waals surface area contributed by atoms with Crippen LogP contribution in [0.1, 0.15) is 34.6 Å². The van der Waals surface area contributed by atoms with Crippen molar-refractivity contribution in [1.29, 1.82) is 0 Å². The molecule has 0 saturated heterocycles. The zero-order valence-electron chi connectivity index (χ0n) is 17.9. The second kappa shape index (κ2) is 7.74. The molecule has 0 saturated carbocycles. The van der Waals surface area contributed by atoms with Crippen LogP contribution in [0, 0.1) is 27.7 Å². The Kier molecular flexibility index (Phi) is 5.11. The number of nitrogens with zero attached hydrogens (tertiary/aromatic N) is 4. The van der Waals surface area contributed by atoms with Gasteiger partial charge in [-0.05, 0) is 63.4 Å². The molecule has 3 aromatic heterocycles. The summed E-state index contributed by atoms with van der Waals surface area (Å²) in [6.45, 7) is 8.02. The molecular formula is C23H25N5O2. The summed E-state index contributed by atoms with van der Waals surface area (Å²) in [6, 6.07) is 9.43. The van der Waals surface area contributed by atoms with Crippen LogP contribution in [0.4, 0.5) is 5.69 Å². The van der Waals surface area contributed by atoms with Crippen LogP contribution < -0.4 is 10.1 Å². The minimum atomic E-state index is -0.0721. The lowest BCUT2D eigenvalue weighted by molar-refractivity contribution is -0.116. The Bertz CT molecular complexity index is 1280. The van der Waals surface area contributed by atoms with Gasteiger partial charge in [0.15, 0.2) is 11.3 Å². The highest BCUT2D eigenvalue weighted by atomic mass is 16.5. The Morgan fingerprint density at radius 2 is 1.90 bits per heavy atom. The number of methoxy groups -OCH3 is 1. The molecule has 0 fully saturated rings. The number of anilines is 1. The molecule has 0 radical (unpaired) electrons. The van der Waals surface area contributed by atoms with E-state index in [0.717, 1.165) is 39.2 Å². The molecule has 4 rings (SSSR count). The maximum absolute atomic E-state index is 12.5. The van der Waals surface area contributed by atoms with Gasteiger partial charge in [0, 0.05) is 23.5 Å². The minimum absolute atomic E-state index is 0.0721. The predicted molar refractivity (Wildman–Crippen MR) is 117 cm³/mol. The van der Waals surface area contributed by atoms with E-state index in [2.05, 4.69) is 22.3 Å². The van der Waals surface area contributed by atoms with Gasteiger partial charge in [0.2, 0.25) is 5.91 Å².